The van der Waals surface area contributed by atoms with E-state index in [1.165, 1.54) is 5.56 Å². The first-order valence-electron chi connectivity index (χ1n) is 10.8. The maximum Gasteiger partial charge on any atom is 0.257 e. The average Bonchev–Trinajstić information content (AvgIpc) is 3.04. The molecule has 0 aliphatic heterocycles. The van der Waals surface area contributed by atoms with Gasteiger partial charge in [-0.2, -0.15) is 5.10 Å². The zero-order valence-corrected chi connectivity index (χ0v) is 20.0. The van der Waals surface area contributed by atoms with Crippen molar-refractivity contribution in [1.82, 2.24) is 15.1 Å². The fourth-order valence-corrected chi connectivity index (χ4v) is 3.80. The van der Waals surface area contributed by atoms with Crippen LogP contribution in [0.3, 0.4) is 0 Å². The lowest BCUT2D eigenvalue weighted by molar-refractivity contribution is 0.0977. The molecule has 0 saturated carbocycles. The van der Waals surface area contributed by atoms with Crippen LogP contribution in [0, 0.1) is 27.7 Å². The van der Waals surface area contributed by atoms with Crippen LogP contribution in [-0.4, -0.2) is 28.2 Å². The minimum atomic E-state index is -0.217. The molecule has 0 radical (unpaired) electrons. The van der Waals surface area contributed by atoms with Gasteiger partial charge in [-0.1, -0.05) is 35.4 Å². The van der Waals surface area contributed by atoms with Crippen molar-refractivity contribution in [3.63, 3.8) is 0 Å². The average molecular weight is 452 g/mol. The zero-order valence-electron chi connectivity index (χ0n) is 19.3. The molecule has 0 aliphatic rings. The van der Waals surface area contributed by atoms with Crippen molar-refractivity contribution in [2.75, 3.05) is 11.9 Å². The summed E-state index contributed by atoms with van der Waals surface area (Å²) >= 11 is 6.28. The Morgan fingerprint density at radius 2 is 1.88 bits per heavy atom. The number of aromatic nitrogens is 2. The zero-order chi connectivity index (χ0) is 23.3. The second-order valence-corrected chi connectivity index (χ2v) is 8.21. The molecule has 6 nitrogen and oxygen atoms in total. The predicted molar refractivity (Wildman–Crippen MR) is 132 cm³/mol. The number of guanidine groups is 1. The van der Waals surface area contributed by atoms with Gasteiger partial charge in [0.1, 0.15) is 0 Å². The Labute approximate surface area is 194 Å². The van der Waals surface area contributed by atoms with Crippen LogP contribution in [0.2, 0.25) is 5.02 Å². The molecular formula is C25H30ClN5O. The normalized spacial score (nSPS) is 11.5. The maximum atomic E-state index is 12.9. The molecule has 3 aromatic rings. The number of carbonyl (C=O) groups excluding carboxylic acids is 1. The van der Waals surface area contributed by atoms with Crippen LogP contribution in [0.1, 0.15) is 45.4 Å². The summed E-state index contributed by atoms with van der Waals surface area (Å²) in [7, 11) is 0. The first-order valence-corrected chi connectivity index (χ1v) is 11.2. The highest BCUT2D eigenvalue weighted by Gasteiger charge is 2.13. The van der Waals surface area contributed by atoms with Gasteiger partial charge in [0, 0.05) is 35.1 Å². The Hall–Kier alpha value is -3.12. The van der Waals surface area contributed by atoms with Crippen LogP contribution < -0.4 is 10.6 Å². The van der Waals surface area contributed by atoms with Crippen molar-refractivity contribution in [1.29, 1.82) is 0 Å². The lowest BCUT2D eigenvalue weighted by atomic mass is 10.1. The van der Waals surface area contributed by atoms with Crippen molar-refractivity contribution in [3.05, 3.63) is 81.1 Å². The molecule has 7 heteroatoms. The minimum Gasteiger partial charge on any atom is -0.326 e. The summed E-state index contributed by atoms with van der Waals surface area (Å²) in [5.41, 5.74) is 6.66. The van der Waals surface area contributed by atoms with Gasteiger partial charge in [-0.3, -0.25) is 19.8 Å². The lowest BCUT2D eigenvalue weighted by Crippen LogP contribution is -2.36. The molecule has 0 fully saturated rings. The van der Waals surface area contributed by atoms with Crippen LogP contribution in [0.15, 0.2) is 47.5 Å². The van der Waals surface area contributed by atoms with Crippen molar-refractivity contribution in [2.45, 2.75) is 47.6 Å². The van der Waals surface area contributed by atoms with Gasteiger partial charge < -0.3 is 5.32 Å². The van der Waals surface area contributed by atoms with E-state index in [1.54, 1.807) is 6.07 Å². The highest BCUT2D eigenvalue weighted by Crippen LogP contribution is 2.23. The fraction of sp³-hybridized carbons (Fsp3) is 0.320. The molecule has 0 spiro atoms. The molecule has 168 valence electrons. The second kappa shape index (κ2) is 10.5. The van der Waals surface area contributed by atoms with Crippen LogP contribution in [-0.2, 0) is 13.0 Å². The summed E-state index contributed by atoms with van der Waals surface area (Å²) in [5.74, 6) is 0.172. The molecule has 32 heavy (non-hydrogen) atoms. The van der Waals surface area contributed by atoms with Gasteiger partial charge in [0.15, 0.2) is 0 Å². The Balaban J connectivity index is 1.83. The minimum absolute atomic E-state index is 0.217. The number of benzene rings is 2. The monoisotopic (exact) mass is 451 g/mol. The lowest BCUT2D eigenvalue weighted by Gasteiger charge is -2.14. The number of amides is 1. The van der Waals surface area contributed by atoms with Crippen molar-refractivity contribution in [3.8, 4) is 0 Å². The molecule has 0 atom stereocenters. The van der Waals surface area contributed by atoms with E-state index in [2.05, 4.69) is 34.6 Å². The molecule has 1 aromatic heterocycles. The third kappa shape index (κ3) is 5.56. The summed E-state index contributed by atoms with van der Waals surface area (Å²) in [6, 6.07) is 13.1. The van der Waals surface area contributed by atoms with Gasteiger partial charge in [-0.05, 0) is 76.4 Å². The highest BCUT2D eigenvalue weighted by atomic mass is 35.5. The van der Waals surface area contributed by atoms with Crippen molar-refractivity contribution in [2.24, 2.45) is 4.99 Å². The second-order valence-electron chi connectivity index (χ2n) is 7.81. The van der Waals surface area contributed by atoms with Crippen LogP contribution in [0.5, 0.6) is 0 Å². The number of nitrogens with one attached hydrogen (secondary N) is 2. The summed E-state index contributed by atoms with van der Waals surface area (Å²) in [5, 5.41) is 11.4. The largest absolute Gasteiger partial charge is 0.326 e. The number of hydrogen-bond acceptors (Lipinski definition) is 3. The molecule has 1 heterocycles. The Bertz CT molecular complexity index is 1150. The maximum absolute atomic E-state index is 12.9. The van der Waals surface area contributed by atoms with Crippen LogP contribution in [0.4, 0.5) is 5.69 Å². The van der Waals surface area contributed by atoms with E-state index in [4.69, 9.17) is 11.6 Å². The first kappa shape index (κ1) is 23.5. The van der Waals surface area contributed by atoms with Gasteiger partial charge in [0.25, 0.3) is 5.91 Å². The number of aliphatic imine (C=N–C) groups is 1. The van der Waals surface area contributed by atoms with Crippen molar-refractivity contribution >= 4 is 29.2 Å². The standard InChI is InChI=1S/C25H30ClN5O/c1-6-31-19(5)21(18(4)30-31)13-14-27-25(28-23-12-8-11-22(26)17(23)3)29-24(32)20-10-7-9-16(2)15-20/h7-12,15H,6,13-14H2,1-5H3,(H2,27,28,29,32). The van der Waals surface area contributed by atoms with E-state index >= 15 is 0 Å². The smallest absolute Gasteiger partial charge is 0.257 e. The van der Waals surface area contributed by atoms with E-state index in [0.29, 0.717) is 23.1 Å². The molecule has 2 aromatic carbocycles. The molecular weight excluding hydrogens is 422 g/mol. The number of halogens is 1. The van der Waals surface area contributed by atoms with E-state index in [1.807, 2.05) is 61.9 Å². The molecule has 3 rings (SSSR count). The van der Waals surface area contributed by atoms with Gasteiger partial charge in [0.05, 0.1) is 5.69 Å². The Morgan fingerprint density at radius 3 is 2.56 bits per heavy atom. The number of rotatable bonds is 6. The van der Waals surface area contributed by atoms with Crippen LogP contribution in [0.25, 0.3) is 0 Å². The molecule has 0 saturated heterocycles. The van der Waals surface area contributed by atoms with E-state index < -0.39 is 0 Å². The number of aryl methyl sites for hydroxylation is 3. The summed E-state index contributed by atoms with van der Waals surface area (Å²) in [6.07, 6.45) is 0.734. The Morgan fingerprint density at radius 1 is 1.12 bits per heavy atom. The topological polar surface area (TPSA) is 71.3 Å². The SMILES string of the molecule is CCn1nc(C)c(CCN=C(NC(=O)c2cccc(C)c2)Nc2cccc(Cl)c2C)c1C. The third-order valence-corrected chi connectivity index (χ3v) is 5.91. The molecule has 1 amide bonds. The van der Waals surface area contributed by atoms with E-state index in [9.17, 15) is 4.79 Å². The van der Waals surface area contributed by atoms with Gasteiger partial charge in [0.2, 0.25) is 5.96 Å². The molecule has 0 aliphatic carbocycles. The van der Waals surface area contributed by atoms with Gasteiger partial charge in [-0.25, -0.2) is 0 Å². The quantitative estimate of drug-likeness (QED) is 0.398. The number of anilines is 1. The van der Waals surface area contributed by atoms with Crippen molar-refractivity contribution < 1.29 is 4.79 Å². The fourth-order valence-electron chi connectivity index (χ4n) is 3.63. The number of hydrogen-bond donors (Lipinski definition) is 2. The van der Waals surface area contributed by atoms with Crippen LogP contribution >= 0.6 is 11.6 Å². The van der Waals surface area contributed by atoms with E-state index in [0.717, 1.165) is 41.2 Å². The molecule has 0 bridgehead atoms. The highest BCUT2D eigenvalue weighted by molar-refractivity contribution is 6.31. The number of nitrogens with zero attached hydrogens (tertiary/aromatic N) is 3. The van der Waals surface area contributed by atoms with Gasteiger partial charge >= 0.3 is 0 Å². The van der Waals surface area contributed by atoms with Gasteiger partial charge in [-0.15, -0.1) is 0 Å². The Kier molecular flexibility index (Phi) is 7.70. The predicted octanol–water partition coefficient (Wildman–Crippen LogP) is 5.23. The molecule has 0 unspecified atom stereocenters. The first-order chi connectivity index (χ1) is 15.3. The molecule has 2 N–H and O–H groups in total. The number of carbonyl (C=O) groups is 1. The third-order valence-electron chi connectivity index (χ3n) is 5.50. The summed E-state index contributed by atoms with van der Waals surface area (Å²) < 4.78 is 2.00. The van der Waals surface area contributed by atoms with E-state index in [-0.39, 0.29) is 5.91 Å². The summed E-state index contributed by atoms with van der Waals surface area (Å²) in [4.78, 5) is 17.5. The summed E-state index contributed by atoms with van der Waals surface area (Å²) in [6.45, 7) is 11.4.